The zero-order chi connectivity index (χ0) is 17.7. The van der Waals surface area contributed by atoms with E-state index in [1.54, 1.807) is 0 Å². The number of nitrogens with zero attached hydrogens (tertiary/aromatic N) is 1. The summed E-state index contributed by atoms with van der Waals surface area (Å²) in [4.78, 5) is 26.3. The summed E-state index contributed by atoms with van der Waals surface area (Å²) >= 11 is 0. The van der Waals surface area contributed by atoms with E-state index in [0.29, 0.717) is 25.5 Å². The van der Waals surface area contributed by atoms with Gasteiger partial charge in [-0.2, -0.15) is 0 Å². The van der Waals surface area contributed by atoms with Gasteiger partial charge in [-0.05, 0) is 38.3 Å². The van der Waals surface area contributed by atoms with E-state index in [1.807, 2.05) is 6.92 Å². The summed E-state index contributed by atoms with van der Waals surface area (Å²) in [6.45, 7) is 4.76. The zero-order valence-corrected chi connectivity index (χ0v) is 14.1. The molecular formula is C18H24F2N2O2. The van der Waals surface area contributed by atoms with Crippen LogP contribution in [0.2, 0.25) is 0 Å². The Morgan fingerprint density at radius 2 is 2.12 bits per heavy atom. The van der Waals surface area contributed by atoms with Gasteiger partial charge in [0.1, 0.15) is 11.6 Å². The van der Waals surface area contributed by atoms with Crippen molar-refractivity contribution in [2.75, 3.05) is 13.1 Å². The highest BCUT2D eigenvalue weighted by Crippen LogP contribution is 2.20. The average Bonchev–Trinajstić information content (AvgIpc) is 2.54. The summed E-state index contributed by atoms with van der Waals surface area (Å²) in [6.07, 6.45) is 3.29. The van der Waals surface area contributed by atoms with Crippen LogP contribution in [0.15, 0.2) is 18.2 Å². The van der Waals surface area contributed by atoms with Crippen LogP contribution in [-0.4, -0.2) is 35.8 Å². The molecule has 24 heavy (non-hydrogen) atoms. The smallest absolute Gasteiger partial charge is 0.256 e. The Hall–Kier alpha value is -1.98. The van der Waals surface area contributed by atoms with Gasteiger partial charge in [0.2, 0.25) is 5.91 Å². The standard InChI is InChI=1S/C18H24F2N2O2/c1-3-5-12(2)21-17(23)13-6-4-9-22(11-13)18(24)15-8-7-14(19)10-16(15)20/h7-8,10,12-13H,3-6,9,11H2,1-2H3,(H,21,23)/t12-,13-/m0/s1. The van der Waals surface area contributed by atoms with Gasteiger partial charge in [-0.1, -0.05) is 13.3 Å². The first kappa shape index (κ1) is 18.4. The van der Waals surface area contributed by atoms with Crippen molar-refractivity contribution in [3.63, 3.8) is 0 Å². The van der Waals surface area contributed by atoms with Gasteiger partial charge in [-0.25, -0.2) is 8.78 Å². The topological polar surface area (TPSA) is 49.4 Å². The van der Waals surface area contributed by atoms with Crippen molar-refractivity contribution in [2.24, 2.45) is 5.92 Å². The molecular weight excluding hydrogens is 314 g/mol. The Labute approximate surface area is 141 Å². The van der Waals surface area contributed by atoms with Crippen LogP contribution >= 0.6 is 0 Å². The van der Waals surface area contributed by atoms with Gasteiger partial charge in [0, 0.05) is 25.2 Å². The quantitative estimate of drug-likeness (QED) is 0.897. The maximum Gasteiger partial charge on any atom is 0.256 e. The molecule has 1 aliphatic heterocycles. The largest absolute Gasteiger partial charge is 0.353 e. The van der Waals surface area contributed by atoms with E-state index in [1.165, 1.54) is 4.90 Å². The summed E-state index contributed by atoms with van der Waals surface area (Å²) in [5.74, 6) is -2.43. The lowest BCUT2D eigenvalue weighted by atomic mass is 9.96. The third-order valence-electron chi connectivity index (χ3n) is 4.35. The molecule has 0 aliphatic carbocycles. The molecule has 0 spiro atoms. The molecule has 2 atom stereocenters. The molecule has 6 heteroatoms. The summed E-state index contributed by atoms with van der Waals surface area (Å²) < 4.78 is 26.8. The molecule has 1 fully saturated rings. The number of carbonyl (C=O) groups is 2. The van der Waals surface area contributed by atoms with E-state index >= 15 is 0 Å². The predicted molar refractivity (Wildman–Crippen MR) is 87.5 cm³/mol. The van der Waals surface area contributed by atoms with Crippen molar-refractivity contribution < 1.29 is 18.4 Å². The van der Waals surface area contributed by atoms with Crippen molar-refractivity contribution in [3.8, 4) is 0 Å². The number of amides is 2. The number of nitrogens with one attached hydrogen (secondary N) is 1. The minimum atomic E-state index is -0.872. The lowest BCUT2D eigenvalue weighted by molar-refractivity contribution is -0.127. The summed E-state index contributed by atoms with van der Waals surface area (Å²) in [5.41, 5.74) is -0.156. The molecule has 1 saturated heterocycles. The number of hydrogen-bond acceptors (Lipinski definition) is 2. The second-order valence-electron chi connectivity index (χ2n) is 6.41. The van der Waals surface area contributed by atoms with Crippen molar-refractivity contribution in [1.29, 1.82) is 0 Å². The van der Waals surface area contributed by atoms with Gasteiger partial charge in [0.25, 0.3) is 5.91 Å². The molecule has 1 heterocycles. The van der Waals surface area contributed by atoms with Crippen molar-refractivity contribution in [3.05, 3.63) is 35.4 Å². The molecule has 2 rings (SSSR count). The van der Waals surface area contributed by atoms with E-state index in [9.17, 15) is 18.4 Å². The number of carbonyl (C=O) groups excluding carboxylic acids is 2. The van der Waals surface area contributed by atoms with E-state index < -0.39 is 17.5 Å². The van der Waals surface area contributed by atoms with Crippen molar-refractivity contribution in [1.82, 2.24) is 10.2 Å². The average molecular weight is 338 g/mol. The maximum atomic E-state index is 13.8. The third-order valence-corrected chi connectivity index (χ3v) is 4.35. The molecule has 4 nitrogen and oxygen atoms in total. The summed E-state index contributed by atoms with van der Waals surface area (Å²) in [6, 6.07) is 3.02. The first-order chi connectivity index (χ1) is 11.4. The lowest BCUT2D eigenvalue weighted by Crippen LogP contribution is -2.47. The number of rotatable bonds is 5. The van der Waals surface area contributed by atoms with Crippen LogP contribution in [0.25, 0.3) is 0 Å². The molecule has 1 aromatic carbocycles. The molecule has 0 unspecified atom stereocenters. The monoisotopic (exact) mass is 338 g/mol. The fourth-order valence-corrected chi connectivity index (χ4v) is 3.07. The summed E-state index contributed by atoms with van der Waals surface area (Å²) in [5, 5.41) is 2.97. The van der Waals surface area contributed by atoms with Crippen LogP contribution in [0, 0.1) is 17.6 Å². The number of benzene rings is 1. The highest BCUT2D eigenvalue weighted by molar-refractivity contribution is 5.95. The minimum absolute atomic E-state index is 0.0620. The lowest BCUT2D eigenvalue weighted by Gasteiger charge is -2.32. The Balaban J connectivity index is 2.02. The molecule has 1 aromatic rings. The highest BCUT2D eigenvalue weighted by atomic mass is 19.1. The molecule has 1 N–H and O–H groups in total. The van der Waals surface area contributed by atoms with Crippen LogP contribution in [0.1, 0.15) is 49.9 Å². The number of likely N-dealkylation sites (tertiary alicyclic amines) is 1. The predicted octanol–water partition coefficient (Wildman–Crippen LogP) is 3.12. The van der Waals surface area contributed by atoms with Crippen LogP contribution < -0.4 is 5.32 Å². The van der Waals surface area contributed by atoms with E-state index in [-0.39, 0.29) is 30.0 Å². The van der Waals surface area contributed by atoms with Crippen molar-refractivity contribution in [2.45, 2.75) is 45.6 Å². The van der Waals surface area contributed by atoms with Gasteiger partial charge in [0.15, 0.2) is 0 Å². The molecule has 132 valence electrons. The number of piperidine rings is 1. The Morgan fingerprint density at radius 3 is 2.79 bits per heavy atom. The van der Waals surface area contributed by atoms with E-state index in [4.69, 9.17) is 0 Å². The van der Waals surface area contributed by atoms with Crippen LogP contribution in [-0.2, 0) is 4.79 Å². The maximum absolute atomic E-state index is 13.8. The minimum Gasteiger partial charge on any atom is -0.353 e. The molecule has 1 aliphatic rings. The van der Waals surface area contributed by atoms with Gasteiger partial charge in [-0.3, -0.25) is 9.59 Å². The second kappa shape index (κ2) is 8.22. The van der Waals surface area contributed by atoms with Crippen LogP contribution in [0.5, 0.6) is 0 Å². The van der Waals surface area contributed by atoms with Gasteiger partial charge in [-0.15, -0.1) is 0 Å². The second-order valence-corrected chi connectivity index (χ2v) is 6.41. The van der Waals surface area contributed by atoms with Gasteiger partial charge in [0.05, 0.1) is 11.5 Å². The fraction of sp³-hybridized carbons (Fsp3) is 0.556. The number of halogens is 2. The molecule has 2 amide bonds. The molecule has 0 bridgehead atoms. The summed E-state index contributed by atoms with van der Waals surface area (Å²) in [7, 11) is 0. The molecule has 0 aromatic heterocycles. The first-order valence-electron chi connectivity index (χ1n) is 8.47. The molecule has 0 radical (unpaired) electrons. The van der Waals surface area contributed by atoms with Crippen LogP contribution in [0.4, 0.5) is 8.78 Å². The van der Waals surface area contributed by atoms with Crippen molar-refractivity contribution >= 4 is 11.8 Å². The highest BCUT2D eigenvalue weighted by Gasteiger charge is 2.30. The Morgan fingerprint density at radius 1 is 1.38 bits per heavy atom. The van der Waals surface area contributed by atoms with Gasteiger partial charge < -0.3 is 10.2 Å². The van der Waals surface area contributed by atoms with Crippen LogP contribution in [0.3, 0.4) is 0 Å². The normalized spacial score (nSPS) is 19.0. The van der Waals surface area contributed by atoms with E-state index in [0.717, 1.165) is 25.0 Å². The molecule has 0 saturated carbocycles. The SMILES string of the molecule is CCC[C@H](C)NC(=O)[C@H]1CCCN(C(=O)c2ccc(F)cc2F)C1. The first-order valence-corrected chi connectivity index (χ1v) is 8.47. The Bertz CT molecular complexity index is 607. The number of hydrogen-bond donors (Lipinski definition) is 1. The Kier molecular flexibility index (Phi) is 6.29. The fourth-order valence-electron chi connectivity index (χ4n) is 3.07. The van der Waals surface area contributed by atoms with E-state index in [2.05, 4.69) is 12.2 Å². The van der Waals surface area contributed by atoms with Gasteiger partial charge >= 0.3 is 0 Å². The zero-order valence-electron chi connectivity index (χ0n) is 14.1. The third kappa shape index (κ3) is 4.52.